The quantitative estimate of drug-likeness (QED) is 0.150. The smallest absolute Gasteiger partial charge is 0.0547 e. The van der Waals surface area contributed by atoms with Crippen LogP contribution in [0.4, 0.5) is 17.1 Å². The lowest BCUT2D eigenvalue weighted by molar-refractivity contribution is 1.18. The van der Waals surface area contributed by atoms with Crippen molar-refractivity contribution in [3.8, 4) is 50.2 Å². The summed E-state index contributed by atoms with van der Waals surface area (Å²) in [5.74, 6) is 0. The summed E-state index contributed by atoms with van der Waals surface area (Å²) in [7, 11) is 0. The first-order valence-electron chi connectivity index (χ1n) is 20.6. The summed E-state index contributed by atoms with van der Waals surface area (Å²) < 4.78 is 2.41. The summed E-state index contributed by atoms with van der Waals surface area (Å²) in [6.07, 6.45) is 0. The molecule has 0 atom stereocenters. The highest BCUT2D eigenvalue weighted by Crippen LogP contribution is 2.44. The fraction of sp³-hybridized carbons (Fsp3) is 0. The summed E-state index contributed by atoms with van der Waals surface area (Å²) in [6.45, 7) is 0. The van der Waals surface area contributed by atoms with Crippen molar-refractivity contribution < 1.29 is 0 Å². The van der Waals surface area contributed by atoms with E-state index >= 15 is 0 Å². The van der Waals surface area contributed by atoms with Crippen LogP contribution in [0.3, 0.4) is 0 Å². The highest BCUT2D eigenvalue weighted by molar-refractivity contribution is 6.17. The molecule has 0 bridgehead atoms. The Balaban J connectivity index is 1.12. The molecular formula is C58H40N2. The third-order valence-electron chi connectivity index (χ3n) is 11.8. The van der Waals surface area contributed by atoms with Gasteiger partial charge in [-0.1, -0.05) is 182 Å². The number of anilines is 3. The molecule has 1 aromatic heterocycles. The first kappa shape index (κ1) is 35.2. The standard InChI is InChI=1S/C58H40N2/c1-5-17-41(18-6-1)46-25-13-28-49(39-46)59(48-35-33-44(34-36-48)52-30-15-24-45-23-14-29-51(57(45)52)42-19-7-2-8-20-42)50-37-38-55-54(40-50)58-53(43-21-9-3-10-22-43)31-16-32-56(58)60(55)47-26-11-4-12-27-47/h1-40H. The Hall–Kier alpha value is -7.94. The van der Waals surface area contributed by atoms with Crippen LogP contribution in [-0.4, -0.2) is 4.57 Å². The fourth-order valence-electron chi connectivity index (χ4n) is 9.04. The predicted molar refractivity (Wildman–Crippen MR) is 255 cm³/mol. The number of para-hydroxylation sites is 1. The van der Waals surface area contributed by atoms with Crippen LogP contribution in [0.1, 0.15) is 0 Å². The molecule has 11 aromatic rings. The Bertz CT molecular complexity index is 3270. The van der Waals surface area contributed by atoms with Crippen molar-refractivity contribution in [2.45, 2.75) is 0 Å². The Kier molecular flexibility index (Phi) is 8.87. The van der Waals surface area contributed by atoms with Gasteiger partial charge in [-0.15, -0.1) is 0 Å². The van der Waals surface area contributed by atoms with E-state index in [9.17, 15) is 0 Å². The molecule has 11 rings (SSSR count). The molecule has 0 saturated heterocycles. The van der Waals surface area contributed by atoms with Gasteiger partial charge in [0.15, 0.2) is 0 Å². The SMILES string of the molecule is c1ccc(-c2cccc(N(c3ccc(-c4cccc5cccc(-c6ccccc6)c45)cc3)c3ccc4c(c3)c3c(-c5ccccc5)cccc3n4-c3ccccc3)c2)cc1. The zero-order chi connectivity index (χ0) is 39.8. The molecule has 0 aliphatic carbocycles. The van der Waals surface area contributed by atoms with Crippen molar-refractivity contribution in [2.24, 2.45) is 0 Å². The topological polar surface area (TPSA) is 8.17 Å². The van der Waals surface area contributed by atoms with Crippen LogP contribution in [0.25, 0.3) is 82.8 Å². The zero-order valence-electron chi connectivity index (χ0n) is 33.0. The second-order valence-corrected chi connectivity index (χ2v) is 15.3. The molecule has 0 radical (unpaired) electrons. The van der Waals surface area contributed by atoms with Crippen LogP contribution in [0, 0.1) is 0 Å². The van der Waals surface area contributed by atoms with Gasteiger partial charge in [0, 0.05) is 33.5 Å². The van der Waals surface area contributed by atoms with E-state index in [1.807, 2.05) is 0 Å². The molecule has 282 valence electrons. The molecule has 0 unspecified atom stereocenters. The van der Waals surface area contributed by atoms with Crippen molar-refractivity contribution >= 4 is 49.6 Å². The maximum Gasteiger partial charge on any atom is 0.0547 e. The summed E-state index contributed by atoms with van der Waals surface area (Å²) in [4.78, 5) is 2.41. The van der Waals surface area contributed by atoms with Gasteiger partial charge in [0.05, 0.1) is 11.0 Å². The van der Waals surface area contributed by atoms with Crippen molar-refractivity contribution in [3.63, 3.8) is 0 Å². The van der Waals surface area contributed by atoms with E-state index in [0.29, 0.717) is 0 Å². The lowest BCUT2D eigenvalue weighted by Gasteiger charge is -2.26. The van der Waals surface area contributed by atoms with Gasteiger partial charge in [-0.25, -0.2) is 0 Å². The van der Waals surface area contributed by atoms with Gasteiger partial charge in [-0.05, 0) is 116 Å². The van der Waals surface area contributed by atoms with Crippen LogP contribution in [0.15, 0.2) is 243 Å². The maximum absolute atomic E-state index is 2.41. The second kappa shape index (κ2) is 15.1. The van der Waals surface area contributed by atoms with Gasteiger partial charge in [0.2, 0.25) is 0 Å². The predicted octanol–water partition coefficient (Wildman–Crippen LogP) is 16.1. The molecule has 0 fully saturated rings. The van der Waals surface area contributed by atoms with Gasteiger partial charge in [0.1, 0.15) is 0 Å². The van der Waals surface area contributed by atoms with Gasteiger partial charge < -0.3 is 9.47 Å². The number of hydrogen-bond donors (Lipinski definition) is 0. The number of aromatic nitrogens is 1. The van der Waals surface area contributed by atoms with Crippen LogP contribution >= 0.6 is 0 Å². The molecule has 0 aliphatic rings. The van der Waals surface area contributed by atoms with Crippen molar-refractivity contribution in [2.75, 3.05) is 4.90 Å². The second-order valence-electron chi connectivity index (χ2n) is 15.3. The molecule has 0 saturated carbocycles. The highest BCUT2D eigenvalue weighted by Gasteiger charge is 2.20. The molecular weight excluding hydrogens is 725 g/mol. The normalized spacial score (nSPS) is 11.3. The minimum absolute atomic E-state index is 1.09. The van der Waals surface area contributed by atoms with Crippen LogP contribution in [0.2, 0.25) is 0 Å². The average molecular weight is 765 g/mol. The number of nitrogens with zero attached hydrogens (tertiary/aromatic N) is 2. The van der Waals surface area contributed by atoms with E-state index in [-0.39, 0.29) is 0 Å². The van der Waals surface area contributed by atoms with E-state index in [4.69, 9.17) is 0 Å². The zero-order valence-corrected chi connectivity index (χ0v) is 33.0. The van der Waals surface area contributed by atoms with Gasteiger partial charge >= 0.3 is 0 Å². The van der Waals surface area contributed by atoms with E-state index in [1.54, 1.807) is 0 Å². The number of rotatable bonds is 8. The first-order chi connectivity index (χ1) is 29.8. The first-order valence-corrected chi connectivity index (χ1v) is 20.6. The monoisotopic (exact) mass is 764 g/mol. The van der Waals surface area contributed by atoms with Crippen LogP contribution < -0.4 is 4.90 Å². The highest BCUT2D eigenvalue weighted by atomic mass is 15.1. The summed E-state index contributed by atoms with van der Waals surface area (Å²) in [5, 5.41) is 4.94. The Morgan fingerprint density at radius 3 is 1.40 bits per heavy atom. The third kappa shape index (κ3) is 6.23. The molecule has 60 heavy (non-hydrogen) atoms. The summed E-state index contributed by atoms with van der Waals surface area (Å²) in [5.41, 5.74) is 16.4. The lowest BCUT2D eigenvalue weighted by atomic mass is 9.91. The molecule has 2 heteroatoms. The van der Waals surface area contributed by atoms with Crippen molar-refractivity contribution in [3.05, 3.63) is 243 Å². The summed E-state index contributed by atoms with van der Waals surface area (Å²) >= 11 is 0. The number of hydrogen-bond acceptors (Lipinski definition) is 1. The number of benzene rings is 10. The van der Waals surface area contributed by atoms with Crippen LogP contribution in [-0.2, 0) is 0 Å². The van der Waals surface area contributed by atoms with E-state index in [1.165, 1.54) is 77.1 Å². The molecule has 0 spiro atoms. The minimum atomic E-state index is 1.09. The van der Waals surface area contributed by atoms with Gasteiger partial charge in [-0.3, -0.25) is 0 Å². The van der Waals surface area contributed by atoms with E-state index < -0.39 is 0 Å². The molecule has 2 nitrogen and oxygen atoms in total. The van der Waals surface area contributed by atoms with Gasteiger partial charge in [0.25, 0.3) is 0 Å². The van der Waals surface area contributed by atoms with Crippen LogP contribution in [0.5, 0.6) is 0 Å². The Morgan fingerprint density at radius 1 is 0.283 bits per heavy atom. The third-order valence-corrected chi connectivity index (χ3v) is 11.8. The summed E-state index contributed by atoms with van der Waals surface area (Å²) in [6, 6.07) is 87.8. The molecule has 1 heterocycles. The van der Waals surface area contributed by atoms with Crippen molar-refractivity contribution in [1.82, 2.24) is 4.57 Å². The molecule has 10 aromatic carbocycles. The molecule has 0 N–H and O–H groups in total. The minimum Gasteiger partial charge on any atom is -0.310 e. The van der Waals surface area contributed by atoms with Gasteiger partial charge in [-0.2, -0.15) is 0 Å². The Labute approximate surface area is 350 Å². The Morgan fingerprint density at radius 2 is 0.767 bits per heavy atom. The molecule has 0 aliphatic heterocycles. The maximum atomic E-state index is 2.41. The van der Waals surface area contributed by atoms with E-state index in [0.717, 1.165) is 22.7 Å². The number of fused-ring (bicyclic) bond motifs is 4. The fourth-order valence-corrected chi connectivity index (χ4v) is 9.04. The molecule has 0 amide bonds. The van der Waals surface area contributed by atoms with E-state index in [2.05, 4.69) is 252 Å². The lowest BCUT2D eigenvalue weighted by Crippen LogP contribution is -2.10. The van der Waals surface area contributed by atoms with Crippen molar-refractivity contribution in [1.29, 1.82) is 0 Å². The largest absolute Gasteiger partial charge is 0.310 e. The average Bonchev–Trinajstić information content (AvgIpc) is 3.67.